The predicted octanol–water partition coefficient (Wildman–Crippen LogP) is 3.10. The maximum atomic E-state index is 12.4. The first-order valence-electron chi connectivity index (χ1n) is 5.32. The van der Waals surface area contributed by atoms with Gasteiger partial charge in [0.15, 0.2) is 0 Å². The zero-order chi connectivity index (χ0) is 12.9. The molecule has 0 amide bonds. The van der Waals surface area contributed by atoms with Gasteiger partial charge in [-0.1, -0.05) is 11.8 Å². The first-order valence-corrected chi connectivity index (χ1v) is 5.32. The normalized spacial score (nSPS) is 10.9. The van der Waals surface area contributed by atoms with Gasteiger partial charge in [0, 0.05) is 12.0 Å². The molecule has 2 N–H and O–H groups in total. The van der Waals surface area contributed by atoms with E-state index in [0.717, 1.165) is 18.6 Å². The Labute approximate surface area is 98.8 Å². The van der Waals surface area contributed by atoms with Crippen LogP contribution in [-0.2, 0) is 6.18 Å². The molecule has 1 nitrogen and oxygen atoms in total. The van der Waals surface area contributed by atoms with Crippen LogP contribution < -0.4 is 5.73 Å². The molecule has 92 valence electrons. The lowest BCUT2D eigenvalue weighted by atomic mass is 10.0. The van der Waals surface area contributed by atoms with Gasteiger partial charge in [0.2, 0.25) is 0 Å². The molecule has 0 saturated heterocycles. The Balaban J connectivity index is 2.86. The van der Waals surface area contributed by atoms with Crippen molar-refractivity contribution in [3.63, 3.8) is 0 Å². The Bertz CT molecular complexity index is 438. The molecule has 4 heteroatoms. The minimum absolute atomic E-state index is 0.542. The summed E-state index contributed by atoms with van der Waals surface area (Å²) in [5, 5.41) is 0. The molecule has 0 radical (unpaired) electrons. The number of hydrogen-bond donors (Lipinski definition) is 1. The summed E-state index contributed by atoms with van der Waals surface area (Å²) in [6.45, 7) is 2.20. The summed E-state index contributed by atoms with van der Waals surface area (Å²) in [6.07, 6.45) is -2.83. The molecule has 0 aromatic heterocycles. The third-order valence-electron chi connectivity index (χ3n) is 2.28. The molecular formula is C13H14F3N. The van der Waals surface area contributed by atoms with Crippen LogP contribution in [0.15, 0.2) is 18.2 Å². The third-order valence-corrected chi connectivity index (χ3v) is 2.28. The standard InChI is InChI=1S/C13H14F3N/c1-10-9-12(13(14,15)16)7-6-11(10)5-3-2-4-8-17/h6-7,9H,2,4,8,17H2,1H3. The molecule has 0 unspecified atom stereocenters. The van der Waals surface area contributed by atoms with Crippen molar-refractivity contribution in [3.05, 3.63) is 34.9 Å². The molecule has 0 fully saturated rings. The molecule has 0 spiro atoms. The summed E-state index contributed by atoms with van der Waals surface area (Å²) in [7, 11) is 0. The van der Waals surface area contributed by atoms with Crippen LogP contribution in [0.2, 0.25) is 0 Å². The van der Waals surface area contributed by atoms with Crippen LogP contribution >= 0.6 is 0 Å². The number of unbranched alkanes of at least 4 members (excludes halogenated alkanes) is 1. The van der Waals surface area contributed by atoms with Gasteiger partial charge >= 0.3 is 6.18 Å². The van der Waals surface area contributed by atoms with Gasteiger partial charge in [-0.3, -0.25) is 0 Å². The van der Waals surface area contributed by atoms with Gasteiger partial charge in [-0.25, -0.2) is 0 Å². The maximum Gasteiger partial charge on any atom is 0.416 e. The highest BCUT2D eigenvalue weighted by atomic mass is 19.4. The fourth-order valence-corrected chi connectivity index (χ4v) is 1.33. The molecule has 0 bridgehead atoms. The van der Waals surface area contributed by atoms with Crippen LogP contribution in [-0.4, -0.2) is 6.54 Å². The van der Waals surface area contributed by atoms with Crippen LogP contribution in [0.4, 0.5) is 13.2 Å². The van der Waals surface area contributed by atoms with Gasteiger partial charge in [0.05, 0.1) is 5.56 Å². The van der Waals surface area contributed by atoms with E-state index in [-0.39, 0.29) is 0 Å². The number of hydrogen-bond acceptors (Lipinski definition) is 1. The number of halogens is 3. The zero-order valence-corrected chi connectivity index (χ0v) is 9.56. The molecule has 0 heterocycles. The summed E-state index contributed by atoms with van der Waals surface area (Å²) >= 11 is 0. The van der Waals surface area contributed by atoms with E-state index in [4.69, 9.17) is 5.73 Å². The highest BCUT2D eigenvalue weighted by molar-refractivity contribution is 5.43. The lowest BCUT2D eigenvalue weighted by Gasteiger charge is -2.08. The van der Waals surface area contributed by atoms with E-state index in [0.29, 0.717) is 24.1 Å². The van der Waals surface area contributed by atoms with Gasteiger partial charge < -0.3 is 5.73 Å². The lowest BCUT2D eigenvalue weighted by Crippen LogP contribution is -2.05. The molecular weight excluding hydrogens is 227 g/mol. The van der Waals surface area contributed by atoms with Crippen molar-refractivity contribution in [3.8, 4) is 11.8 Å². The fraction of sp³-hybridized carbons (Fsp3) is 0.385. The number of alkyl halides is 3. The highest BCUT2D eigenvalue weighted by Crippen LogP contribution is 2.30. The highest BCUT2D eigenvalue weighted by Gasteiger charge is 2.30. The van der Waals surface area contributed by atoms with Gasteiger partial charge in [-0.05, 0) is 43.7 Å². The van der Waals surface area contributed by atoms with Crippen molar-refractivity contribution in [1.29, 1.82) is 0 Å². The summed E-state index contributed by atoms with van der Waals surface area (Å²) in [6, 6.07) is 3.58. The Kier molecular flexibility index (Phi) is 4.59. The van der Waals surface area contributed by atoms with Crippen LogP contribution in [0.25, 0.3) is 0 Å². The smallest absolute Gasteiger partial charge is 0.330 e. The van der Waals surface area contributed by atoms with Gasteiger partial charge in [-0.2, -0.15) is 13.2 Å². The van der Waals surface area contributed by atoms with Crippen LogP contribution in [0.5, 0.6) is 0 Å². The molecule has 1 aromatic carbocycles. The summed E-state index contributed by atoms with van der Waals surface area (Å²) in [5.41, 5.74) is 5.85. The van der Waals surface area contributed by atoms with Crippen molar-refractivity contribution >= 4 is 0 Å². The topological polar surface area (TPSA) is 26.0 Å². The minimum atomic E-state index is -4.30. The van der Waals surface area contributed by atoms with E-state index in [1.165, 1.54) is 6.07 Å². The quantitative estimate of drug-likeness (QED) is 0.625. The number of rotatable bonds is 2. The van der Waals surface area contributed by atoms with E-state index in [2.05, 4.69) is 11.8 Å². The Morgan fingerprint density at radius 1 is 1.29 bits per heavy atom. The second-order valence-electron chi connectivity index (χ2n) is 3.72. The second kappa shape index (κ2) is 5.74. The van der Waals surface area contributed by atoms with Crippen molar-refractivity contribution in [2.75, 3.05) is 6.54 Å². The van der Waals surface area contributed by atoms with E-state index in [1.54, 1.807) is 6.92 Å². The molecule has 1 aromatic rings. The van der Waals surface area contributed by atoms with Crippen molar-refractivity contribution in [2.24, 2.45) is 5.73 Å². The second-order valence-corrected chi connectivity index (χ2v) is 3.72. The monoisotopic (exact) mass is 241 g/mol. The van der Waals surface area contributed by atoms with E-state index in [9.17, 15) is 13.2 Å². The summed E-state index contributed by atoms with van der Waals surface area (Å²) < 4.78 is 37.2. The molecule has 0 aliphatic carbocycles. The average Bonchev–Trinajstić information content (AvgIpc) is 2.24. The average molecular weight is 241 g/mol. The van der Waals surface area contributed by atoms with Crippen molar-refractivity contribution < 1.29 is 13.2 Å². The van der Waals surface area contributed by atoms with E-state index in [1.807, 2.05) is 0 Å². The molecule has 0 aliphatic rings. The lowest BCUT2D eigenvalue weighted by molar-refractivity contribution is -0.137. The largest absolute Gasteiger partial charge is 0.416 e. The molecule has 0 saturated carbocycles. The van der Waals surface area contributed by atoms with Gasteiger partial charge in [-0.15, -0.1) is 0 Å². The Morgan fingerprint density at radius 3 is 2.53 bits per heavy atom. The molecule has 1 rings (SSSR count). The first-order chi connectivity index (χ1) is 7.95. The predicted molar refractivity (Wildman–Crippen MR) is 61.3 cm³/mol. The molecule has 0 atom stereocenters. The van der Waals surface area contributed by atoms with Gasteiger partial charge in [0.25, 0.3) is 0 Å². The van der Waals surface area contributed by atoms with Gasteiger partial charge in [0.1, 0.15) is 0 Å². The summed E-state index contributed by atoms with van der Waals surface area (Å²) in [5.74, 6) is 5.74. The number of nitrogens with two attached hydrogens (primary N) is 1. The fourth-order valence-electron chi connectivity index (χ4n) is 1.33. The maximum absolute atomic E-state index is 12.4. The zero-order valence-electron chi connectivity index (χ0n) is 9.56. The van der Waals surface area contributed by atoms with Crippen molar-refractivity contribution in [2.45, 2.75) is 25.9 Å². The van der Waals surface area contributed by atoms with E-state index >= 15 is 0 Å². The minimum Gasteiger partial charge on any atom is -0.330 e. The molecule has 17 heavy (non-hydrogen) atoms. The van der Waals surface area contributed by atoms with Crippen LogP contribution in [0.3, 0.4) is 0 Å². The number of aryl methyl sites for hydroxylation is 1. The SMILES string of the molecule is Cc1cc(C(F)(F)F)ccc1C#CCCCN. The van der Waals surface area contributed by atoms with Crippen LogP contribution in [0, 0.1) is 18.8 Å². The third kappa shape index (κ3) is 4.12. The summed E-state index contributed by atoms with van der Waals surface area (Å²) in [4.78, 5) is 0. The Hall–Kier alpha value is -1.47. The van der Waals surface area contributed by atoms with Crippen LogP contribution in [0.1, 0.15) is 29.5 Å². The number of benzene rings is 1. The first kappa shape index (κ1) is 13.6. The molecule has 0 aliphatic heterocycles. The Morgan fingerprint density at radius 2 is 2.00 bits per heavy atom. The van der Waals surface area contributed by atoms with E-state index < -0.39 is 11.7 Å². The van der Waals surface area contributed by atoms with Crippen molar-refractivity contribution in [1.82, 2.24) is 0 Å².